The van der Waals surface area contributed by atoms with Gasteiger partial charge in [0.1, 0.15) is 6.54 Å². The first kappa shape index (κ1) is 16.4. The van der Waals surface area contributed by atoms with E-state index in [1.165, 1.54) is 16.7 Å². The second kappa shape index (κ2) is 7.84. The summed E-state index contributed by atoms with van der Waals surface area (Å²) in [6, 6.07) is 7.40. The van der Waals surface area contributed by atoms with Crippen LogP contribution in [0.2, 0.25) is 0 Å². The van der Waals surface area contributed by atoms with Crippen molar-refractivity contribution in [3.63, 3.8) is 0 Å². The van der Waals surface area contributed by atoms with Crippen molar-refractivity contribution >= 4 is 35.2 Å². The summed E-state index contributed by atoms with van der Waals surface area (Å²) in [4.78, 5) is 37.6. The van der Waals surface area contributed by atoms with Crippen LogP contribution in [0.15, 0.2) is 29.2 Å². The third kappa shape index (κ3) is 4.24. The number of nitrogens with one attached hydrogen (secondary N) is 1. The minimum atomic E-state index is -0.596. The maximum Gasteiger partial charge on any atom is 0.326 e. The molecule has 1 heterocycles. The molecule has 1 N–H and O–H groups in total. The first-order valence-corrected chi connectivity index (χ1v) is 8.05. The fourth-order valence-electron chi connectivity index (χ4n) is 1.96. The number of amides is 2. The summed E-state index contributed by atoms with van der Waals surface area (Å²) in [5.41, 5.74) is 0.705. The maximum atomic E-state index is 12.0. The highest BCUT2D eigenvalue weighted by Gasteiger charge is 2.26. The van der Waals surface area contributed by atoms with E-state index in [0.717, 1.165) is 11.3 Å². The highest BCUT2D eigenvalue weighted by atomic mass is 32.2. The van der Waals surface area contributed by atoms with Crippen LogP contribution in [0.4, 0.5) is 5.69 Å². The molecule has 0 spiro atoms. The van der Waals surface area contributed by atoms with Crippen molar-refractivity contribution in [2.24, 2.45) is 0 Å². The zero-order valence-electron chi connectivity index (χ0n) is 12.3. The van der Waals surface area contributed by atoms with Gasteiger partial charge < -0.3 is 10.1 Å². The van der Waals surface area contributed by atoms with Gasteiger partial charge in [-0.2, -0.15) is 0 Å². The molecule has 22 heavy (non-hydrogen) atoms. The fraction of sp³-hybridized carbons (Fsp3) is 0.400. The maximum absolute atomic E-state index is 12.0. The molecule has 0 aliphatic carbocycles. The van der Waals surface area contributed by atoms with Crippen LogP contribution in [0.5, 0.6) is 0 Å². The number of anilines is 1. The van der Waals surface area contributed by atoms with Crippen molar-refractivity contribution in [3.8, 4) is 0 Å². The largest absolute Gasteiger partial charge is 0.454 e. The molecular weight excluding hydrogens is 304 g/mol. The summed E-state index contributed by atoms with van der Waals surface area (Å²) in [5, 5.41) is 2.62. The van der Waals surface area contributed by atoms with Crippen molar-refractivity contribution < 1.29 is 19.1 Å². The van der Waals surface area contributed by atoms with Gasteiger partial charge in [-0.05, 0) is 18.6 Å². The molecule has 118 valence electrons. The Morgan fingerprint density at radius 2 is 2.14 bits per heavy atom. The van der Waals surface area contributed by atoms with Gasteiger partial charge in [-0.1, -0.05) is 19.1 Å². The van der Waals surface area contributed by atoms with Crippen LogP contribution >= 0.6 is 11.8 Å². The Labute approximate surface area is 133 Å². The van der Waals surface area contributed by atoms with E-state index in [1.54, 1.807) is 6.07 Å². The number of esters is 1. The van der Waals surface area contributed by atoms with Crippen LogP contribution in [0.1, 0.15) is 13.3 Å². The first-order chi connectivity index (χ1) is 10.6. The number of hydrogen-bond acceptors (Lipinski definition) is 5. The van der Waals surface area contributed by atoms with E-state index in [2.05, 4.69) is 5.32 Å². The normalized spacial score (nSPS) is 13.5. The molecule has 0 unspecified atom stereocenters. The van der Waals surface area contributed by atoms with Crippen molar-refractivity contribution in [1.82, 2.24) is 5.32 Å². The Hall–Kier alpha value is -2.02. The van der Waals surface area contributed by atoms with Crippen LogP contribution in [0.3, 0.4) is 0 Å². The Morgan fingerprint density at radius 3 is 2.91 bits per heavy atom. The van der Waals surface area contributed by atoms with Gasteiger partial charge in [-0.3, -0.25) is 19.3 Å². The smallest absolute Gasteiger partial charge is 0.326 e. The minimum Gasteiger partial charge on any atom is -0.454 e. The number of hydrogen-bond donors (Lipinski definition) is 1. The number of benzene rings is 1. The fourth-order valence-corrected chi connectivity index (χ4v) is 2.90. The summed E-state index contributed by atoms with van der Waals surface area (Å²) in [6.45, 7) is 1.98. The molecule has 1 aromatic rings. The third-order valence-corrected chi connectivity index (χ3v) is 4.08. The van der Waals surface area contributed by atoms with Crippen LogP contribution in [-0.4, -0.2) is 43.2 Å². The predicted molar refractivity (Wildman–Crippen MR) is 83.8 cm³/mol. The first-order valence-electron chi connectivity index (χ1n) is 7.06. The SMILES string of the molecule is CCCNC(=O)COC(=O)CN1C(=O)CSc2ccccc21. The van der Waals surface area contributed by atoms with Crippen molar-refractivity contribution in [1.29, 1.82) is 0 Å². The van der Waals surface area contributed by atoms with E-state index < -0.39 is 5.97 Å². The molecule has 1 aromatic carbocycles. The molecule has 2 amide bonds. The second-order valence-electron chi connectivity index (χ2n) is 4.75. The highest BCUT2D eigenvalue weighted by molar-refractivity contribution is 8.00. The number of ether oxygens (including phenoxy) is 1. The predicted octanol–water partition coefficient (Wildman–Crippen LogP) is 1.19. The molecule has 0 bridgehead atoms. The lowest BCUT2D eigenvalue weighted by Gasteiger charge is -2.27. The lowest BCUT2D eigenvalue weighted by molar-refractivity contribution is -0.147. The highest BCUT2D eigenvalue weighted by Crippen LogP contribution is 2.34. The standard InChI is InChI=1S/C15H18N2O4S/c1-2-7-16-13(18)9-21-15(20)8-17-11-5-3-4-6-12(11)22-10-14(17)19/h3-6H,2,7-10H2,1H3,(H,16,18). The molecule has 6 nitrogen and oxygen atoms in total. The number of carbonyl (C=O) groups is 3. The van der Waals surface area contributed by atoms with Crippen LogP contribution in [-0.2, 0) is 19.1 Å². The van der Waals surface area contributed by atoms with E-state index in [4.69, 9.17) is 4.74 Å². The number of carbonyl (C=O) groups excluding carboxylic acids is 3. The van der Waals surface area contributed by atoms with E-state index >= 15 is 0 Å². The van der Waals surface area contributed by atoms with Gasteiger partial charge in [0.25, 0.3) is 5.91 Å². The van der Waals surface area contributed by atoms with Crippen LogP contribution < -0.4 is 10.2 Å². The van der Waals surface area contributed by atoms with Crippen LogP contribution in [0.25, 0.3) is 0 Å². The lowest BCUT2D eigenvalue weighted by atomic mass is 10.2. The molecular formula is C15H18N2O4S. The van der Waals surface area contributed by atoms with E-state index in [0.29, 0.717) is 18.0 Å². The molecule has 0 fully saturated rings. The van der Waals surface area contributed by atoms with Gasteiger partial charge >= 0.3 is 5.97 Å². The Morgan fingerprint density at radius 1 is 1.36 bits per heavy atom. The number of fused-ring (bicyclic) bond motifs is 1. The number of thioether (sulfide) groups is 1. The molecule has 2 rings (SSSR count). The summed E-state index contributed by atoms with van der Waals surface area (Å²) in [5.74, 6) is -0.782. The zero-order valence-corrected chi connectivity index (χ0v) is 13.1. The van der Waals surface area contributed by atoms with E-state index in [1.807, 2.05) is 25.1 Å². The quantitative estimate of drug-likeness (QED) is 0.796. The molecule has 0 saturated carbocycles. The van der Waals surface area contributed by atoms with Gasteiger partial charge in [-0.25, -0.2) is 0 Å². The third-order valence-electron chi connectivity index (χ3n) is 3.03. The van der Waals surface area contributed by atoms with E-state index in [9.17, 15) is 14.4 Å². The van der Waals surface area contributed by atoms with Gasteiger partial charge in [0.2, 0.25) is 5.91 Å². The minimum absolute atomic E-state index is 0.143. The topological polar surface area (TPSA) is 75.7 Å². The Bertz CT molecular complexity index is 576. The van der Waals surface area contributed by atoms with Gasteiger partial charge in [0.05, 0.1) is 11.4 Å². The monoisotopic (exact) mass is 322 g/mol. The lowest BCUT2D eigenvalue weighted by Crippen LogP contribution is -2.40. The Balaban J connectivity index is 1.91. The summed E-state index contributed by atoms with van der Waals surface area (Å²) in [6.07, 6.45) is 0.816. The summed E-state index contributed by atoms with van der Waals surface area (Å²) < 4.78 is 4.92. The van der Waals surface area contributed by atoms with Gasteiger partial charge in [0.15, 0.2) is 6.61 Å². The molecule has 1 aliphatic heterocycles. The van der Waals surface area contributed by atoms with Gasteiger partial charge in [-0.15, -0.1) is 11.8 Å². The van der Waals surface area contributed by atoms with Crippen molar-refractivity contribution in [2.75, 3.05) is 30.3 Å². The molecule has 1 aliphatic rings. The van der Waals surface area contributed by atoms with Crippen molar-refractivity contribution in [3.05, 3.63) is 24.3 Å². The summed E-state index contributed by atoms with van der Waals surface area (Å²) in [7, 11) is 0. The molecule has 7 heteroatoms. The average Bonchev–Trinajstić information content (AvgIpc) is 2.53. The molecule has 0 atom stereocenters. The summed E-state index contributed by atoms with van der Waals surface area (Å²) >= 11 is 1.45. The van der Waals surface area contributed by atoms with Crippen molar-refractivity contribution in [2.45, 2.75) is 18.2 Å². The number of nitrogens with zero attached hydrogens (tertiary/aromatic N) is 1. The number of para-hydroxylation sites is 1. The van der Waals surface area contributed by atoms with E-state index in [-0.39, 0.29) is 25.0 Å². The zero-order chi connectivity index (χ0) is 15.9. The molecule has 0 radical (unpaired) electrons. The Kier molecular flexibility index (Phi) is 5.83. The second-order valence-corrected chi connectivity index (χ2v) is 5.76. The molecule has 0 saturated heterocycles. The average molecular weight is 322 g/mol. The molecule has 0 aromatic heterocycles. The number of rotatable bonds is 6. The van der Waals surface area contributed by atoms with Crippen LogP contribution in [0, 0.1) is 0 Å². The van der Waals surface area contributed by atoms with Gasteiger partial charge in [0, 0.05) is 11.4 Å².